The van der Waals surface area contributed by atoms with Crippen LogP contribution in [0.1, 0.15) is 27.2 Å². The van der Waals surface area contributed by atoms with Crippen molar-refractivity contribution in [1.82, 2.24) is 20.0 Å². The van der Waals surface area contributed by atoms with Crippen molar-refractivity contribution in [2.45, 2.75) is 13.2 Å². The Morgan fingerprint density at radius 1 is 1.25 bits per heavy atom. The summed E-state index contributed by atoms with van der Waals surface area (Å²) in [5.41, 5.74) is 2.56. The van der Waals surface area contributed by atoms with Gasteiger partial charge in [0, 0.05) is 12.4 Å². The van der Waals surface area contributed by atoms with Crippen LogP contribution >= 0.6 is 0 Å². The van der Waals surface area contributed by atoms with E-state index in [0.717, 1.165) is 5.56 Å². The molecule has 3 rings (SSSR count). The number of rotatable bonds is 5. The van der Waals surface area contributed by atoms with Crippen molar-refractivity contribution in [1.29, 1.82) is 5.26 Å². The summed E-state index contributed by atoms with van der Waals surface area (Å²) >= 11 is 0. The quantitative estimate of drug-likeness (QED) is 0.667. The lowest BCUT2D eigenvalue weighted by molar-refractivity contribution is 0.0467. The first-order valence-corrected chi connectivity index (χ1v) is 7.20. The van der Waals surface area contributed by atoms with E-state index in [0.29, 0.717) is 23.4 Å². The summed E-state index contributed by atoms with van der Waals surface area (Å²) in [4.78, 5) is 15.7. The van der Waals surface area contributed by atoms with Crippen molar-refractivity contribution in [3.63, 3.8) is 0 Å². The van der Waals surface area contributed by atoms with Crippen LogP contribution in [-0.2, 0) is 17.9 Å². The number of hydrogen-bond donors (Lipinski definition) is 0. The van der Waals surface area contributed by atoms with Crippen LogP contribution in [0, 0.1) is 11.3 Å². The molecule has 0 aliphatic heterocycles. The number of ether oxygens (including phenoxy) is 1. The van der Waals surface area contributed by atoms with Gasteiger partial charge in [0.1, 0.15) is 12.3 Å². The van der Waals surface area contributed by atoms with Crippen LogP contribution in [0.4, 0.5) is 0 Å². The monoisotopic (exact) mass is 319 g/mol. The molecule has 0 unspecified atom stereocenters. The molecule has 1 aromatic carbocycles. The van der Waals surface area contributed by atoms with Crippen LogP contribution in [0.15, 0.2) is 55.0 Å². The van der Waals surface area contributed by atoms with Crippen LogP contribution in [-0.4, -0.2) is 25.9 Å². The van der Waals surface area contributed by atoms with Gasteiger partial charge in [-0.2, -0.15) is 5.26 Å². The van der Waals surface area contributed by atoms with Crippen molar-refractivity contribution in [3.05, 3.63) is 77.4 Å². The Morgan fingerprint density at radius 3 is 2.79 bits per heavy atom. The summed E-state index contributed by atoms with van der Waals surface area (Å²) in [5, 5.41) is 16.8. The Hall–Kier alpha value is -3.53. The Kier molecular flexibility index (Phi) is 4.58. The number of nitriles is 1. The Balaban J connectivity index is 1.57. The molecule has 2 heterocycles. The van der Waals surface area contributed by atoms with E-state index in [1.54, 1.807) is 41.3 Å². The normalized spacial score (nSPS) is 10.1. The van der Waals surface area contributed by atoms with Gasteiger partial charge in [0.05, 0.1) is 29.9 Å². The molecule has 0 aliphatic carbocycles. The fraction of sp³-hybridized carbons (Fsp3) is 0.118. The van der Waals surface area contributed by atoms with E-state index < -0.39 is 5.97 Å². The molecule has 7 heteroatoms. The highest BCUT2D eigenvalue weighted by atomic mass is 16.5. The summed E-state index contributed by atoms with van der Waals surface area (Å²) in [6.45, 7) is 0.566. The first-order chi connectivity index (χ1) is 11.7. The van der Waals surface area contributed by atoms with Crippen molar-refractivity contribution >= 4 is 5.97 Å². The number of hydrogen-bond acceptors (Lipinski definition) is 6. The largest absolute Gasteiger partial charge is 0.455 e. The lowest BCUT2D eigenvalue weighted by atomic mass is 10.1. The molecule has 0 radical (unpaired) electrons. The molecule has 118 valence electrons. The Labute approximate surface area is 138 Å². The second-order valence-electron chi connectivity index (χ2n) is 5.03. The number of pyridine rings is 1. The lowest BCUT2D eigenvalue weighted by Gasteiger charge is -2.02. The van der Waals surface area contributed by atoms with Gasteiger partial charge in [-0.05, 0) is 29.8 Å². The van der Waals surface area contributed by atoms with Gasteiger partial charge < -0.3 is 4.74 Å². The van der Waals surface area contributed by atoms with Crippen molar-refractivity contribution in [2.24, 2.45) is 0 Å². The molecule has 7 nitrogen and oxygen atoms in total. The maximum absolute atomic E-state index is 11.8. The van der Waals surface area contributed by atoms with E-state index in [1.807, 2.05) is 12.1 Å². The topological polar surface area (TPSA) is 93.7 Å². The van der Waals surface area contributed by atoms with Gasteiger partial charge in [0.25, 0.3) is 0 Å². The van der Waals surface area contributed by atoms with Gasteiger partial charge in [-0.15, -0.1) is 5.10 Å². The van der Waals surface area contributed by atoms with E-state index in [4.69, 9.17) is 10.00 Å². The lowest BCUT2D eigenvalue weighted by Crippen LogP contribution is -2.05. The van der Waals surface area contributed by atoms with Crippen LogP contribution < -0.4 is 0 Å². The highest BCUT2D eigenvalue weighted by molar-refractivity contribution is 5.88. The summed E-state index contributed by atoms with van der Waals surface area (Å²) in [6.07, 6.45) is 4.75. The molecule has 0 atom stereocenters. The molecular weight excluding hydrogens is 306 g/mol. The third-order valence-electron chi connectivity index (χ3n) is 3.26. The molecule has 0 fully saturated rings. The molecule has 0 saturated carbocycles. The van der Waals surface area contributed by atoms with Gasteiger partial charge in [0.2, 0.25) is 0 Å². The second-order valence-corrected chi connectivity index (χ2v) is 5.03. The maximum atomic E-state index is 11.8. The summed E-state index contributed by atoms with van der Waals surface area (Å²) in [7, 11) is 0. The smallest absolute Gasteiger partial charge is 0.340 e. The number of aromatic nitrogens is 4. The van der Waals surface area contributed by atoms with Crippen molar-refractivity contribution in [2.75, 3.05) is 0 Å². The van der Waals surface area contributed by atoms with Gasteiger partial charge in [0.15, 0.2) is 0 Å². The predicted octanol–water partition coefficient (Wildman–Crippen LogP) is 1.95. The van der Waals surface area contributed by atoms with Crippen molar-refractivity contribution in [3.8, 4) is 6.07 Å². The Bertz CT molecular complexity index is 866. The number of carbonyl (C=O) groups excluding carboxylic acids is 1. The fourth-order valence-electron chi connectivity index (χ4n) is 2.06. The van der Waals surface area contributed by atoms with Gasteiger partial charge in [-0.3, -0.25) is 4.98 Å². The van der Waals surface area contributed by atoms with Gasteiger partial charge >= 0.3 is 5.97 Å². The van der Waals surface area contributed by atoms with Gasteiger partial charge in [-0.25, -0.2) is 9.48 Å². The minimum atomic E-state index is -0.454. The molecular formula is C17H13N5O2. The minimum absolute atomic E-state index is 0.0428. The van der Waals surface area contributed by atoms with Gasteiger partial charge in [-0.1, -0.05) is 17.3 Å². The summed E-state index contributed by atoms with van der Waals surface area (Å²) in [6, 6.07) is 12.6. The Morgan fingerprint density at radius 2 is 2.08 bits per heavy atom. The minimum Gasteiger partial charge on any atom is -0.455 e. The van der Waals surface area contributed by atoms with Crippen molar-refractivity contribution < 1.29 is 9.53 Å². The van der Waals surface area contributed by atoms with E-state index in [-0.39, 0.29) is 6.61 Å². The van der Waals surface area contributed by atoms with Crippen LogP contribution in [0.5, 0.6) is 0 Å². The molecule has 0 aliphatic rings. The van der Waals surface area contributed by atoms with E-state index in [2.05, 4.69) is 21.4 Å². The average Bonchev–Trinajstić information content (AvgIpc) is 3.08. The molecule has 0 bridgehead atoms. The number of esters is 1. The molecule has 24 heavy (non-hydrogen) atoms. The molecule has 0 N–H and O–H groups in total. The number of benzene rings is 1. The second kappa shape index (κ2) is 7.15. The first-order valence-electron chi connectivity index (χ1n) is 7.20. The molecule has 0 amide bonds. The third kappa shape index (κ3) is 3.81. The highest BCUT2D eigenvalue weighted by Gasteiger charge is 2.09. The zero-order valence-electron chi connectivity index (χ0n) is 12.7. The zero-order chi connectivity index (χ0) is 16.8. The number of nitrogens with zero attached hydrogens (tertiary/aromatic N) is 5. The highest BCUT2D eigenvalue weighted by Crippen LogP contribution is 2.07. The maximum Gasteiger partial charge on any atom is 0.340 e. The first kappa shape index (κ1) is 15.4. The fourth-order valence-corrected chi connectivity index (χ4v) is 2.06. The zero-order valence-corrected chi connectivity index (χ0v) is 12.7. The van der Waals surface area contributed by atoms with E-state index in [9.17, 15) is 4.79 Å². The van der Waals surface area contributed by atoms with Crippen LogP contribution in [0.2, 0.25) is 0 Å². The molecule has 0 spiro atoms. The summed E-state index contributed by atoms with van der Waals surface area (Å²) in [5.74, 6) is -0.454. The predicted molar refractivity (Wildman–Crippen MR) is 83.6 cm³/mol. The average molecular weight is 319 g/mol. The standard InChI is InChI=1S/C17H13N5O2/c18-8-13-3-5-14(6-4-13)10-22-11-16(20-21-22)12-24-17(23)15-2-1-7-19-9-15/h1-7,9,11H,10,12H2. The molecule has 3 aromatic rings. The number of carbonyl (C=O) groups is 1. The molecule has 0 saturated heterocycles. The SMILES string of the molecule is N#Cc1ccc(Cn2cc(COC(=O)c3cccnc3)nn2)cc1. The van der Waals surface area contributed by atoms with E-state index >= 15 is 0 Å². The third-order valence-corrected chi connectivity index (χ3v) is 3.26. The van der Waals surface area contributed by atoms with Crippen LogP contribution in [0.25, 0.3) is 0 Å². The summed E-state index contributed by atoms with van der Waals surface area (Å²) < 4.78 is 6.82. The van der Waals surface area contributed by atoms with Crippen LogP contribution in [0.3, 0.4) is 0 Å². The van der Waals surface area contributed by atoms with E-state index in [1.165, 1.54) is 6.20 Å². The molecule has 2 aromatic heterocycles.